The lowest BCUT2D eigenvalue weighted by molar-refractivity contribution is 0.996. The SMILES string of the molecule is CC=Cc1c(C)c2ccccc2c2cc(-c3cc(-c4ccc5c6ccccc6c6ccccc6c5c4)nc(-n4c5ccccc5c5cc(-c6ccc7c(c6)c6ccccc6n7-c6ccc7ccccc7c6)ccc54)n3)ccc12. The lowest BCUT2D eigenvalue weighted by Crippen LogP contribution is -2.04. The van der Waals surface area contributed by atoms with Crippen LogP contribution < -0.4 is 0 Å². The van der Waals surface area contributed by atoms with Gasteiger partial charge in [0.1, 0.15) is 0 Å². The van der Waals surface area contributed by atoms with Crippen LogP contribution in [0.2, 0.25) is 0 Å². The lowest BCUT2D eigenvalue weighted by Gasteiger charge is -2.16. The van der Waals surface area contributed by atoms with E-state index in [4.69, 9.17) is 9.97 Å². The van der Waals surface area contributed by atoms with Gasteiger partial charge in [-0.15, -0.1) is 0 Å². The fraction of sp³-hybridized carbons (Fsp3) is 0.0270. The molecule has 0 fully saturated rings. The Kier molecular flexibility index (Phi) is 9.73. The van der Waals surface area contributed by atoms with Gasteiger partial charge in [0, 0.05) is 38.4 Å². The van der Waals surface area contributed by atoms with Crippen molar-refractivity contribution >= 4 is 114 Å². The summed E-state index contributed by atoms with van der Waals surface area (Å²) in [5.41, 5.74) is 14.2. The Labute approximate surface area is 450 Å². The second kappa shape index (κ2) is 17.2. The molecule has 4 nitrogen and oxygen atoms in total. The standard InChI is InChI=1S/C74H48N4/c1-3-16-53-45(2)54-19-6-7-20-55(54)64-42-50(30-35-60(53)64)68-44-69(51-31-36-61-58-23-9-8-21-56(58)57-22-10-11-24-59(57)65(61)43-51)76-74(75-68)78-71-28-15-13-26-63(71)67-41-49(33-38-73(67)78)48-32-37-72-66(40-48)62-25-12-14-27-70(62)77(72)52-34-29-46-17-4-5-18-47(46)39-52/h3-44H,1-2H3. The molecule has 3 aromatic heterocycles. The Morgan fingerprint density at radius 3 is 1.33 bits per heavy atom. The highest BCUT2D eigenvalue weighted by molar-refractivity contribution is 6.26. The molecule has 16 aromatic rings. The molecule has 13 aromatic carbocycles. The minimum Gasteiger partial charge on any atom is -0.309 e. The molecular weight excluding hydrogens is 945 g/mol. The van der Waals surface area contributed by atoms with Gasteiger partial charge in [0.25, 0.3) is 0 Å². The molecule has 0 unspecified atom stereocenters. The van der Waals surface area contributed by atoms with Crippen molar-refractivity contribution in [2.75, 3.05) is 0 Å². The number of hydrogen-bond acceptors (Lipinski definition) is 2. The van der Waals surface area contributed by atoms with Gasteiger partial charge in [-0.25, -0.2) is 9.97 Å². The van der Waals surface area contributed by atoms with Crippen molar-refractivity contribution < 1.29 is 0 Å². The van der Waals surface area contributed by atoms with Crippen LogP contribution in [0.4, 0.5) is 0 Å². The topological polar surface area (TPSA) is 35.6 Å². The van der Waals surface area contributed by atoms with Crippen LogP contribution in [0.1, 0.15) is 18.1 Å². The van der Waals surface area contributed by atoms with E-state index in [1.807, 2.05) is 0 Å². The van der Waals surface area contributed by atoms with Crippen LogP contribution in [0, 0.1) is 6.92 Å². The Morgan fingerprint density at radius 1 is 0.308 bits per heavy atom. The van der Waals surface area contributed by atoms with E-state index >= 15 is 0 Å². The molecule has 0 amide bonds. The number of benzene rings is 13. The van der Waals surface area contributed by atoms with Gasteiger partial charge in [-0.05, 0) is 167 Å². The zero-order valence-corrected chi connectivity index (χ0v) is 43.0. The first-order valence-electron chi connectivity index (χ1n) is 26.9. The number of nitrogens with zero attached hydrogens (tertiary/aromatic N) is 4. The summed E-state index contributed by atoms with van der Waals surface area (Å²) in [7, 11) is 0. The maximum Gasteiger partial charge on any atom is 0.235 e. The molecule has 0 radical (unpaired) electrons. The van der Waals surface area contributed by atoms with E-state index < -0.39 is 0 Å². The third-order valence-corrected chi connectivity index (χ3v) is 16.6. The van der Waals surface area contributed by atoms with Crippen molar-refractivity contribution in [3.05, 3.63) is 260 Å². The summed E-state index contributed by atoms with van der Waals surface area (Å²) in [6.07, 6.45) is 4.39. The molecule has 16 rings (SSSR count). The van der Waals surface area contributed by atoms with Gasteiger partial charge in [0.2, 0.25) is 5.95 Å². The third-order valence-electron chi connectivity index (χ3n) is 16.6. The van der Waals surface area contributed by atoms with E-state index in [1.54, 1.807) is 0 Å². The van der Waals surface area contributed by atoms with Crippen molar-refractivity contribution in [3.63, 3.8) is 0 Å². The molecule has 78 heavy (non-hydrogen) atoms. The summed E-state index contributed by atoms with van der Waals surface area (Å²) in [6, 6.07) is 89.0. The highest BCUT2D eigenvalue weighted by atomic mass is 15.2. The Morgan fingerprint density at radius 2 is 0.731 bits per heavy atom. The smallest absolute Gasteiger partial charge is 0.235 e. The van der Waals surface area contributed by atoms with Gasteiger partial charge in [-0.3, -0.25) is 4.57 Å². The highest BCUT2D eigenvalue weighted by Gasteiger charge is 2.21. The average Bonchev–Trinajstić information content (AvgIpc) is 4.05. The predicted octanol–water partition coefficient (Wildman–Crippen LogP) is 19.9. The molecule has 364 valence electrons. The first kappa shape index (κ1) is 44.2. The molecule has 4 heteroatoms. The molecule has 0 aliphatic rings. The zero-order chi connectivity index (χ0) is 51.6. The number of aryl methyl sites for hydroxylation is 1. The number of rotatable bonds is 6. The van der Waals surface area contributed by atoms with E-state index in [9.17, 15) is 0 Å². The first-order valence-corrected chi connectivity index (χ1v) is 26.9. The van der Waals surface area contributed by atoms with Crippen LogP contribution in [0.15, 0.2) is 249 Å². The molecule has 0 atom stereocenters. The first-order chi connectivity index (χ1) is 38.5. The molecule has 0 saturated heterocycles. The third kappa shape index (κ3) is 6.66. The molecule has 0 bridgehead atoms. The normalized spacial score (nSPS) is 12.2. The van der Waals surface area contributed by atoms with Crippen LogP contribution in [0.25, 0.3) is 160 Å². The average molecular weight is 993 g/mol. The summed E-state index contributed by atoms with van der Waals surface area (Å²) < 4.78 is 4.68. The van der Waals surface area contributed by atoms with Gasteiger partial charge in [0.05, 0.1) is 33.5 Å². The van der Waals surface area contributed by atoms with E-state index in [1.165, 1.54) is 97.6 Å². The maximum atomic E-state index is 5.61. The summed E-state index contributed by atoms with van der Waals surface area (Å²) in [5, 5.41) is 19.5. The summed E-state index contributed by atoms with van der Waals surface area (Å²) in [6.45, 7) is 4.34. The van der Waals surface area contributed by atoms with Gasteiger partial charge in [-0.2, -0.15) is 0 Å². The number of para-hydroxylation sites is 2. The van der Waals surface area contributed by atoms with Crippen molar-refractivity contribution in [1.29, 1.82) is 0 Å². The monoisotopic (exact) mass is 992 g/mol. The van der Waals surface area contributed by atoms with Crippen LogP contribution in [-0.4, -0.2) is 19.1 Å². The second-order valence-electron chi connectivity index (χ2n) is 20.8. The van der Waals surface area contributed by atoms with Gasteiger partial charge >= 0.3 is 0 Å². The van der Waals surface area contributed by atoms with Gasteiger partial charge < -0.3 is 4.57 Å². The number of aromatic nitrogens is 4. The highest BCUT2D eigenvalue weighted by Crippen LogP contribution is 2.42. The molecule has 3 heterocycles. The summed E-state index contributed by atoms with van der Waals surface area (Å²) in [5.74, 6) is 0.622. The number of hydrogen-bond donors (Lipinski definition) is 0. The van der Waals surface area contributed by atoms with Crippen molar-refractivity contribution in [2.45, 2.75) is 13.8 Å². The van der Waals surface area contributed by atoms with E-state index in [0.29, 0.717) is 5.95 Å². The fourth-order valence-corrected chi connectivity index (χ4v) is 12.9. The van der Waals surface area contributed by atoms with Crippen LogP contribution >= 0.6 is 0 Å². The van der Waals surface area contributed by atoms with E-state index in [0.717, 1.165) is 61.1 Å². The van der Waals surface area contributed by atoms with Crippen LogP contribution in [0.5, 0.6) is 0 Å². The molecule has 0 N–H and O–H groups in total. The summed E-state index contributed by atoms with van der Waals surface area (Å²) in [4.78, 5) is 11.2. The molecular formula is C74H48N4. The number of allylic oxidation sites excluding steroid dienone is 1. The summed E-state index contributed by atoms with van der Waals surface area (Å²) >= 11 is 0. The Bertz CT molecular complexity index is 5210. The maximum absolute atomic E-state index is 5.61. The molecule has 0 saturated carbocycles. The van der Waals surface area contributed by atoms with Gasteiger partial charge in [-0.1, -0.05) is 188 Å². The van der Waals surface area contributed by atoms with Crippen LogP contribution in [-0.2, 0) is 0 Å². The second-order valence-corrected chi connectivity index (χ2v) is 20.8. The Balaban J connectivity index is 0.904. The van der Waals surface area contributed by atoms with Gasteiger partial charge in [0.15, 0.2) is 0 Å². The Hall–Kier alpha value is -10.2. The lowest BCUT2D eigenvalue weighted by atomic mass is 9.90. The van der Waals surface area contributed by atoms with Crippen molar-refractivity contribution in [2.24, 2.45) is 0 Å². The largest absolute Gasteiger partial charge is 0.309 e. The van der Waals surface area contributed by atoms with E-state index in [-0.39, 0.29) is 0 Å². The van der Waals surface area contributed by atoms with E-state index in [2.05, 4.69) is 278 Å². The van der Waals surface area contributed by atoms with Crippen LogP contribution in [0.3, 0.4) is 0 Å². The van der Waals surface area contributed by atoms with Crippen molar-refractivity contribution in [1.82, 2.24) is 19.1 Å². The molecule has 0 spiro atoms. The minimum atomic E-state index is 0.622. The fourth-order valence-electron chi connectivity index (χ4n) is 12.9. The quantitative estimate of drug-likeness (QED) is 0.156. The van der Waals surface area contributed by atoms with Crippen molar-refractivity contribution in [3.8, 4) is 45.3 Å². The molecule has 0 aliphatic carbocycles. The number of fused-ring (bicyclic) bond motifs is 16. The molecule has 0 aliphatic heterocycles. The zero-order valence-electron chi connectivity index (χ0n) is 43.0. The predicted molar refractivity (Wildman–Crippen MR) is 331 cm³/mol. The minimum absolute atomic E-state index is 0.622.